The Bertz CT molecular complexity index is 905. The van der Waals surface area contributed by atoms with Crippen molar-refractivity contribution < 1.29 is 13.9 Å². The van der Waals surface area contributed by atoms with Crippen molar-refractivity contribution in [3.05, 3.63) is 66.1 Å². The summed E-state index contributed by atoms with van der Waals surface area (Å²) in [7, 11) is 1.53. The Labute approximate surface area is 157 Å². The van der Waals surface area contributed by atoms with Crippen LogP contribution in [0, 0.1) is 5.82 Å². The Kier molecular flexibility index (Phi) is 5.18. The van der Waals surface area contributed by atoms with Gasteiger partial charge in [0.05, 0.1) is 26.0 Å². The van der Waals surface area contributed by atoms with Gasteiger partial charge in [-0.1, -0.05) is 18.2 Å². The Morgan fingerprint density at radius 3 is 2.59 bits per heavy atom. The monoisotopic (exact) mass is 367 g/mol. The predicted octanol–water partition coefficient (Wildman–Crippen LogP) is 3.52. The molecular weight excluding hydrogens is 345 g/mol. The molecule has 5 nitrogen and oxygen atoms in total. The summed E-state index contributed by atoms with van der Waals surface area (Å²) in [5.74, 6) is 0.157. The molecule has 0 unspecified atom stereocenters. The molecule has 0 spiro atoms. The first-order chi connectivity index (χ1) is 13.2. The van der Waals surface area contributed by atoms with Gasteiger partial charge >= 0.3 is 0 Å². The molecule has 6 heteroatoms. The number of benzene rings is 2. The van der Waals surface area contributed by atoms with Gasteiger partial charge in [-0.15, -0.1) is 0 Å². The van der Waals surface area contributed by atoms with E-state index in [1.54, 1.807) is 12.1 Å². The summed E-state index contributed by atoms with van der Waals surface area (Å²) in [4.78, 5) is 2.31. The lowest BCUT2D eigenvalue weighted by atomic mass is 10.1. The van der Waals surface area contributed by atoms with Gasteiger partial charge in [-0.25, -0.2) is 9.07 Å². The molecular formula is C21H22FN3O2. The quantitative estimate of drug-likeness (QED) is 0.692. The predicted molar refractivity (Wildman–Crippen MR) is 102 cm³/mol. The third kappa shape index (κ3) is 3.86. The zero-order chi connectivity index (χ0) is 18.6. The van der Waals surface area contributed by atoms with E-state index in [2.05, 4.69) is 4.90 Å². The number of hydrogen-bond acceptors (Lipinski definition) is 4. The van der Waals surface area contributed by atoms with Crippen molar-refractivity contribution in [1.82, 2.24) is 14.7 Å². The number of nitrogens with zero attached hydrogens (tertiary/aromatic N) is 3. The molecule has 0 amide bonds. The minimum absolute atomic E-state index is 0.337. The first-order valence-electron chi connectivity index (χ1n) is 9.02. The van der Waals surface area contributed by atoms with Gasteiger partial charge in [0, 0.05) is 43.0 Å². The van der Waals surface area contributed by atoms with Crippen molar-refractivity contribution in [3.8, 4) is 22.7 Å². The third-order valence-electron chi connectivity index (χ3n) is 4.74. The summed E-state index contributed by atoms with van der Waals surface area (Å²) >= 11 is 0. The highest BCUT2D eigenvalue weighted by Crippen LogP contribution is 2.29. The van der Waals surface area contributed by atoms with Crippen molar-refractivity contribution in [2.24, 2.45) is 0 Å². The number of aromatic nitrogens is 2. The van der Waals surface area contributed by atoms with Crippen molar-refractivity contribution >= 4 is 0 Å². The number of rotatable bonds is 5. The van der Waals surface area contributed by atoms with Crippen LogP contribution in [0.25, 0.3) is 16.9 Å². The van der Waals surface area contributed by atoms with Crippen LogP contribution in [0.2, 0.25) is 0 Å². The molecule has 140 valence electrons. The van der Waals surface area contributed by atoms with E-state index in [0.29, 0.717) is 23.6 Å². The Balaban J connectivity index is 1.74. The van der Waals surface area contributed by atoms with Crippen molar-refractivity contribution in [2.75, 3.05) is 33.4 Å². The average molecular weight is 367 g/mol. The van der Waals surface area contributed by atoms with Gasteiger partial charge in [-0.3, -0.25) is 4.90 Å². The Hall–Kier alpha value is -2.70. The zero-order valence-corrected chi connectivity index (χ0v) is 15.3. The average Bonchev–Trinajstić information content (AvgIpc) is 3.13. The summed E-state index contributed by atoms with van der Waals surface area (Å²) < 4.78 is 27.1. The second-order valence-corrected chi connectivity index (χ2v) is 6.52. The van der Waals surface area contributed by atoms with Gasteiger partial charge in [0.25, 0.3) is 0 Å². The van der Waals surface area contributed by atoms with E-state index in [4.69, 9.17) is 14.6 Å². The molecule has 0 aliphatic carbocycles. The topological polar surface area (TPSA) is 39.5 Å². The maximum atomic E-state index is 14.7. The molecule has 1 aromatic heterocycles. The lowest BCUT2D eigenvalue weighted by Gasteiger charge is -2.26. The molecule has 1 aliphatic rings. The van der Waals surface area contributed by atoms with Crippen molar-refractivity contribution in [2.45, 2.75) is 6.54 Å². The van der Waals surface area contributed by atoms with Crippen LogP contribution in [-0.4, -0.2) is 48.1 Å². The number of halogens is 1. The maximum absolute atomic E-state index is 14.7. The van der Waals surface area contributed by atoms with Gasteiger partial charge < -0.3 is 9.47 Å². The van der Waals surface area contributed by atoms with Gasteiger partial charge in [0.1, 0.15) is 17.3 Å². The van der Waals surface area contributed by atoms with E-state index in [0.717, 1.165) is 37.6 Å². The van der Waals surface area contributed by atoms with E-state index >= 15 is 0 Å². The molecule has 0 atom stereocenters. The molecule has 0 saturated carbocycles. The molecule has 0 bridgehead atoms. The molecule has 1 saturated heterocycles. The molecule has 27 heavy (non-hydrogen) atoms. The van der Waals surface area contributed by atoms with Crippen LogP contribution in [-0.2, 0) is 11.3 Å². The lowest BCUT2D eigenvalue weighted by Crippen LogP contribution is -2.35. The maximum Gasteiger partial charge on any atom is 0.136 e. The first-order valence-corrected chi connectivity index (χ1v) is 9.02. The first kappa shape index (κ1) is 17.7. The number of para-hydroxylation sites is 1. The summed E-state index contributed by atoms with van der Waals surface area (Å²) in [6.45, 7) is 3.87. The molecule has 3 aromatic rings. The number of methoxy groups -OCH3 is 1. The molecule has 1 aliphatic heterocycles. The number of ether oxygens (including phenoxy) is 2. The number of hydrogen-bond donors (Lipinski definition) is 0. The molecule has 1 fully saturated rings. The van der Waals surface area contributed by atoms with Crippen molar-refractivity contribution in [3.63, 3.8) is 0 Å². The fourth-order valence-corrected chi connectivity index (χ4v) is 3.28. The van der Waals surface area contributed by atoms with Gasteiger partial charge in [0.15, 0.2) is 0 Å². The highest BCUT2D eigenvalue weighted by Gasteiger charge is 2.19. The summed E-state index contributed by atoms with van der Waals surface area (Å²) in [5.41, 5.74) is 3.07. The van der Waals surface area contributed by atoms with Gasteiger partial charge in [-0.05, 0) is 24.3 Å². The Morgan fingerprint density at radius 1 is 1.11 bits per heavy atom. The lowest BCUT2D eigenvalue weighted by molar-refractivity contribution is 0.0342. The fourth-order valence-electron chi connectivity index (χ4n) is 3.28. The van der Waals surface area contributed by atoms with Crippen LogP contribution < -0.4 is 4.74 Å². The fraction of sp³-hybridized carbons (Fsp3) is 0.286. The molecule has 0 radical (unpaired) electrons. The largest absolute Gasteiger partial charge is 0.497 e. The van der Waals surface area contributed by atoms with Crippen LogP contribution in [0.4, 0.5) is 4.39 Å². The van der Waals surface area contributed by atoms with E-state index < -0.39 is 0 Å². The second-order valence-electron chi connectivity index (χ2n) is 6.52. The summed E-state index contributed by atoms with van der Waals surface area (Å²) in [5, 5.41) is 4.71. The van der Waals surface area contributed by atoms with Crippen LogP contribution >= 0.6 is 0 Å². The molecule has 2 aromatic carbocycles. The zero-order valence-electron chi connectivity index (χ0n) is 15.3. The van der Waals surface area contributed by atoms with Crippen LogP contribution in [0.5, 0.6) is 5.75 Å². The standard InChI is InChI=1S/C21H22FN3O2/c1-26-18-7-8-19(20(22)13-18)21-16(14-24-9-11-27-12-10-24)15-25(23-21)17-5-3-2-4-6-17/h2-8,13,15H,9-12,14H2,1H3. The minimum Gasteiger partial charge on any atom is -0.497 e. The van der Waals surface area contributed by atoms with E-state index in [1.807, 2.05) is 41.2 Å². The van der Waals surface area contributed by atoms with Gasteiger partial charge in [0.2, 0.25) is 0 Å². The van der Waals surface area contributed by atoms with E-state index in [9.17, 15) is 4.39 Å². The second kappa shape index (κ2) is 7.90. The number of morpholine rings is 1. The van der Waals surface area contributed by atoms with E-state index in [1.165, 1.54) is 13.2 Å². The Morgan fingerprint density at radius 2 is 1.89 bits per heavy atom. The third-order valence-corrected chi connectivity index (χ3v) is 4.74. The smallest absolute Gasteiger partial charge is 0.136 e. The molecule has 0 N–H and O–H groups in total. The normalized spacial score (nSPS) is 15.0. The highest BCUT2D eigenvalue weighted by atomic mass is 19.1. The minimum atomic E-state index is -0.337. The van der Waals surface area contributed by atoms with Crippen LogP contribution in [0.1, 0.15) is 5.56 Å². The highest BCUT2D eigenvalue weighted by molar-refractivity contribution is 5.65. The molecule has 4 rings (SSSR count). The van der Waals surface area contributed by atoms with Gasteiger partial charge in [-0.2, -0.15) is 5.10 Å². The SMILES string of the molecule is COc1ccc(-c2nn(-c3ccccc3)cc2CN2CCOCC2)c(F)c1. The summed E-state index contributed by atoms with van der Waals surface area (Å²) in [6, 6.07) is 14.8. The van der Waals surface area contributed by atoms with Crippen LogP contribution in [0.3, 0.4) is 0 Å². The van der Waals surface area contributed by atoms with Crippen molar-refractivity contribution in [1.29, 1.82) is 0 Å². The summed E-state index contributed by atoms with van der Waals surface area (Å²) in [6.07, 6.45) is 1.99. The van der Waals surface area contributed by atoms with Crippen LogP contribution in [0.15, 0.2) is 54.7 Å². The van der Waals surface area contributed by atoms with E-state index in [-0.39, 0.29) is 5.82 Å². The molecule has 2 heterocycles.